The van der Waals surface area contributed by atoms with Gasteiger partial charge in [-0.3, -0.25) is 5.41 Å². The Hall–Kier alpha value is -1.07. The monoisotopic (exact) mass is 298 g/mol. The van der Waals surface area contributed by atoms with Crippen molar-refractivity contribution in [2.24, 2.45) is 5.73 Å². The molecule has 1 saturated heterocycles. The van der Waals surface area contributed by atoms with Crippen LogP contribution < -0.4 is 10.5 Å². The molecule has 1 heterocycles. The van der Waals surface area contributed by atoms with E-state index in [-0.39, 0.29) is 11.9 Å². The van der Waals surface area contributed by atoms with Crippen LogP contribution in [0.4, 0.5) is 0 Å². The zero-order valence-corrected chi connectivity index (χ0v) is 11.0. The Morgan fingerprint density at radius 2 is 2.12 bits per heavy atom. The topological polar surface area (TPSA) is 68.3 Å². The Labute approximate surface area is 109 Å². The Kier molecular flexibility index (Phi) is 4.02. The summed E-state index contributed by atoms with van der Waals surface area (Å²) in [5.74, 6) is 0.679. The van der Waals surface area contributed by atoms with Gasteiger partial charge in [0.2, 0.25) is 0 Å². The lowest BCUT2D eigenvalue weighted by Gasteiger charge is -2.24. The second-order valence-electron chi connectivity index (χ2n) is 3.96. The highest BCUT2D eigenvalue weighted by molar-refractivity contribution is 9.10. The summed E-state index contributed by atoms with van der Waals surface area (Å²) in [5, 5.41) is 7.58. The van der Waals surface area contributed by atoms with Crippen LogP contribution in [0.15, 0.2) is 22.7 Å². The zero-order valence-electron chi connectivity index (χ0n) is 9.41. The average Bonchev–Trinajstić information content (AvgIpc) is 2.30. The molecule has 0 bridgehead atoms. The van der Waals surface area contributed by atoms with Crippen LogP contribution in [-0.4, -0.2) is 25.2 Å². The van der Waals surface area contributed by atoms with Crippen LogP contribution >= 0.6 is 15.9 Å². The number of halogens is 1. The lowest BCUT2D eigenvalue weighted by molar-refractivity contribution is 0.0255. The number of nitrogens with two attached hydrogens (primary N) is 1. The second kappa shape index (κ2) is 5.51. The van der Waals surface area contributed by atoms with Crippen LogP contribution in [0.2, 0.25) is 0 Å². The van der Waals surface area contributed by atoms with Gasteiger partial charge in [0, 0.05) is 17.3 Å². The Balaban J connectivity index is 2.19. The SMILES string of the molecule is N=C(N)c1c(Br)cccc1OC1CCOCC1. The molecule has 4 nitrogen and oxygen atoms in total. The van der Waals surface area contributed by atoms with Crippen molar-refractivity contribution in [1.82, 2.24) is 0 Å². The van der Waals surface area contributed by atoms with Crippen LogP contribution in [0.3, 0.4) is 0 Å². The van der Waals surface area contributed by atoms with E-state index in [1.807, 2.05) is 18.2 Å². The summed E-state index contributed by atoms with van der Waals surface area (Å²) in [6.07, 6.45) is 1.91. The molecule has 1 aliphatic heterocycles. The molecular formula is C12H15BrN2O2. The first kappa shape index (κ1) is 12.4. The maximum Gasteiger partial charge on any atom is 0.131 e. The summed E-state index contributed by atoms with van der Waals surface area (Å²) in [6.45, 7) is 1.46. The van der Waals surface area contributed by atoms with Crippen molar-refractivity contribution in [3.63, 3.8) is 0 Å². The summed E-state index contributed by atoms with van der Waals surface area (Å²) in [7, 11) is 0. The van der Waals surface area contributed by atoms with Crippen molar-refractivity contribution in [3.05, 3.63) is 28.2 Å². The Bertz CT molecular complexity index is 417. The van der Waals surface area contributed by atoms with Crippen molar-refractivity contribution in [2.75, 3.05) is 13.2 Å². The van der Waals surface area contributed by atoms with E-state index in [9.17, 15) is 0 Å². The highest BCUT2D eigenvalue weighted by Gasteiger charge is 2.18. The molecule has 92 valence electrons. The van der Waals surface area contributed by atoms with E-state index in [4.69, 9.17) is 20.6 Å². The van der Waals surface area contributed by atoms with Gasteiger partial charge in [0.05, 0.1) is 18.8 Å². The average molecular weight is 299 g/mol. The van der Waals surface area contributed by atoms with Crippen LogP contribution in [0.25, 0.3) is 0 Å². The van der Waals surface area contributed by atoms with Gasteiger partial charge in [-0.05, 0) is 28.1 Å². The summed E-state index contributed by atoms with van der Waals surface area (Å²) < 4.78 is 12.0. The standard InChI is InChI=1S/C12H15BrN2O2/c13-9-2-1-3-10(11(9)12(14)15)17-8-4-6-16-7-5-8/h1-3,8H,4-7H2,(H3,14,15). The van der Waals surface area contributed by atoms with E-state index in [2.05, 4.69) is 15.9 Å². The molecule has 1 fully saturated rings. The molecule has 0 saturated carbocycles. The molecule has 5 heteroatoms. The van der Waals surface area contributed by atoms with Gasteiger partial charge in [-0.15, -0.1) is 0 Å². The maximum absolute atomic E-state index is 7.58. The first-order chi connectivity index (χ1) is 8.18. The second-order valence-corrected chi connectivity index (χ2v) is 4.81. The highest BCUT2D eigenvalue weighted by Crippen LogP contribution is 2.28. The molecule has 0 aromatic heterocycles. The molecule has 0 atom stereocenters. The first-order valence-corrected chi connectivity index (χ1v) is 6.35. The third kappa shape index (κ3) is 2.98. The third-order valence-corrected chi connectivity index (χ3v) is 3.37. The molecule has 1 aromatic rings. The van der Waals surface area contributed by atoms with Crippen LogP contribution in [0, 0.1) is 5.41 Å². The normalized spacial score (nSPS) is 16.8. The van der Waals surface area contributed by atoms with Gasteiger partial charge >= 0.3 is 0 Å². The van der Waals surface area contributed by atoms with Crippen LogP contribution in [0.1, 0.15) is 18.4 Å². The fourth-order valence-corrected chi connectivity index (χ4v) is 2.40. The van der Waals surface area contributed by atoms with Gasteiger partial charge < -0.3 is 15.2 Å². The summed E-state index contributed by atoms with van der Waals surface area (Å²) in [6, 6.07) is 5.58. The Morgan fingerprint density at radius 1 is 1.41 bits per heavy atom. The predicted molar refractivity (Wildman–Crippen MR) is 69.6 cm³/mol. The molecule has 1 aromatic carbocycles. The van der Waals surface area contributed by atoms with E-state index in [0.29, 0.717) is 11.3 Å². The summed E-state index contributed by atoms with van der Waals surface area (Å²) in [4.78, 5) is 0. The predicted octanol–water partition coefficient (Wildman–Crippen LogP) is 2.29. The molecule has 17 heavy (non-hydrogen) atoms. The largest absolute Gasteiger partial charge is 0.489 e. The smallest absolute Gasteiger partial charge is 0.131 e. The number of hydrogen-bond donors (Lipinski definition) is 2. The molecule has 3 N–H and O–H groups in total. The van der Waals surface area contributed by atoms with E-state index in [1.165, 1.54) is 0 Å². The number of nitrogen functional groups attached to an aromatic ring is 1. The van der Waals surface area contributed by atoms with Crippen LogP contribution in [0.5, 0.6) is 5.75 Å². The van der Waals surface area contributed by atoms with Gasteiger partial charge in [-0.25, -0.2) is 0 Å². The van der Waals surface area contributed by atoms with E-state index < -0.39 is 0 Å². The van der Waals surface area contributed by atoms with E-state index >= 15 is 0 Å². The number of amidine groups is 1. The van der Waals surface area contributed by atoms with Gasteiger partial charge in [0.1, 0.15) is 17.7 Å². The minimum atomic E-state index is 0.0135. The van der Waals surface area contributed by atoms with E-state index in [0.717, 1.165) is 30.5 Å². The quantitative estimate of drug-likeness (QED) is 0.664. The summed E-state index contributed by atoms with van der Waals surface area (Å²) in [5.41, 5.74) is 6.19. The van der Waals surface area contributed by atoms with Gasteiger partial charge in [0.15, 0.2) is 0 Å². The summed E-state index contributed by atoms with van der Waals surface area (Å²) >= 11 is 3.39. The number of nitrogens with one attached hydrogen (secondary N) is 1. The lowest BCUT2D eigenvalue weighted by atomic mass is 10.1. The molecule has 2 rings (SSSR count). The number of rotatable bonds is 3. The molecule has 0 unspecified atom stereocenters. The van der Waals surface area contributed by atoms with Crippen molar-refractivity contribution in [2.45, 2.75) is 18.9 Å². The number of benzene rings is 1. The fourth-order valence-electron chi connectivity index (χ4n) is 1.84. The highest BCUT2D eigenvalue weighted by atomic mass is 79.9. The van der Waals surface area contributed by atoms with Crippen molar-refractivity contribution < 1.29 is 9.47 Å². The molecular weight excluding hydrogens is 284 g/mol. The first-order valence-electron chi connectivity index (χ1n) is 5.56. The van der Waals surface area contributed by atoms with Gasteiger partial charge in [0.25, 0.3) is 0 Å². The molecule has 0 spiro atoms. The van der Waals surface area contributed by atoms with Gasteiger partial charge in [-0.2, -0.15) is 0 Å². The molecule has 0 aliphatic carbocycles. The van der Waals surface area contributed by atoms with Crippen molar-refractivity contribution >= 4 is 21.8 Å². The van der Waals surface area contributed by atoms with Crippen LogP contribution in [-0.2, 0) is 4.74 Å². The Morgan fingerprint density at radius 3 is 2.76 bits per heavy atom. The molecule has 0 amide bonds. The molecule has 0 radical (unpaired) electrons. The minimum Gasteiger partial charge on any atom is -0.489 e. The van der Waals surface area contributed by atoms with Crippen molar-refractivity contribution in [1.29, 1.82) is 5.41 Å². The van der Waals surface area contributed by atoms with Crippen molar-refractivity contribution in [3.8, 4) is 5.75 Å². The third-order valence-electron chi connectivity index (χ3n) is 2.71. The molecule has 1 aliphatic rings. The maximum atomic E-state index is 7.58. The minimum absolute atomic E-state index is 0.0135. The zero-order chi connectivity index (χ0) is 12.3. The lowest BCUT2D eigenvalue weighted by Crippen LogP contribution is -2.27. The number of ether oxygens (including phenoxy) is 2. The fraction of sp³-hybridized carbons (Fsp3) is 0.417. The van der Waals surface area contributed by atoms with Gasteiger partial charge in [-0.1, -0.05) is 6.07 Å². The van der Waals surface area contributed by atoms with E-state index in [1.54, 1.807) is 0 Å². The number of hydrogen-bond acceptors (Lipinski definition) is 3.